The zero-order valence-corrected chi connectivity index (χ0v) is 20.2. The molecular weight excluding hydrogens is 504 g/mol. The summed E-state index contributed by atoms with van der Waals surface area (Å²) in [6.45, 7) is 3.47. The fourth-order valence-electron chi connectivity index (χ4n) is 3.79. The molecule has 18 nitrogen and oxygen atoms in total. The summed E-state index contributed by atoms with van der Waals surface area (Å²) in [6.07, 6.45) is -11.4. The van der Waals surface area contributed by atoms with Crippen LogP contribution in [0.5, 0.6) is 0 Å². The molecule has 0 aliphatic carbocycles. The molecule has 2 aliphatic heterocycles. The van der Waals surface area contributed by atoms with Gasteiger partial charge in [0.1, 0.15) is 31.0 Å². The molecule has 2 rings (SSSR count). The molecule has 2 fully saturated rings. The first-order chi connectivity index (χ1) is 17.5. The molecular formula is C19H26N6O12. The van der Waals surface area contributed by atoms with Crippen LogP contribution in [0, 0.1) is 0 Å². The van der Waals surface area contributed by atoms with Gasteiger partial charge < -0.3 is 38.3 Å². The Bertz CT molecular complexity index is 967. The third-order valence-electron chi connectivity index (χ3n) is 5.06. The number of aliphatic hydroxyl groups excluding tert-OH is 1. The lowest BCUT2D eigenvalue weighted by Crippen LogP contribution is -2.62. The summed E-state index contributed by atoms with van der Waals surface area (Å²) >= 11 is 0. The van der Waals surface area contributed by atoms with Crippen molar-refractivity contribution in [3.63, 3.8) is 0 Å². The second-order valence-electron chi connectivity index (χ2n) is 7.84. The van der Waals surface area contributed by atoms with Gasteiger partial charge in [-0.2, -0.15) is 0 Å². The van der Waals surface area contributed by atoms with E-state index in [-0.39, 0.29) is 0 Å². The third kappa shape index (κ3) is 8.18. The van der Waals surface area contributed by atoms with Crippen molar-refractivity contribution in [2.75, 3.05) is 13.2 Å². The van der Waals surface area contributed by atoms with E-state index in [1.807, 2.05) is 0 Å². The molecule has 0 bridgehead atoms. The van der Waals surface area contributed by atoms with Crippen molar-refractivity contribution in [2.24, 2.45) is 10.2 Å². The third-order valence-corrected chi connectivity index (χ3v) is 5.06. The SMILES string of the molecule is CC(=O)OC[C@H]1OC(O)[C@H](OC(C)=O)[C@@H]1O[C@H]1O[C@@H](CN=[N+]=[N-])[C@@H](OC(C)=O)[C@H](OC(C)=O)C1N=[N+]=[N-]. The monoisotopic (exact) mass is 530 g/mol. The van der Waals surface area contributed by atoms with Gasteiger partial charge in [-0.25, -0.2) is 0 Å². The fraction of sp³-hybridized carbons (Fsp3) is 0.789. The number of nitrogens with zero attached hydrogens (tertiary/aromatic N) is 6. The van der Waals surface area contributed by atoms with Gasteiger partial charge in [0.25, 0.3) is 0 Å². The minimum atomic E-state index is -1.70. The Labute approximate surface area is 209 Å². The van der Waals surface area contributed by atoms with Crippen molar-refractivity contribution in [1.82, 2.24) is 0 Å². The minimum absolute atomic E-state index is 0.427. The highest BCUT2D eigenvalue weighted by molar-refractivity contribution is 5.68. The first kappa shape index (κ1) is 29.6. The Balaban J connectivity index is 2.49. The van der Waals surface area contributed by atoms with Gasteiger partial charge in [-0.3, -0.25) is 19.2 Å². The molecule has 0 aromatic rings. The Morgan fingerprint density at radius 3 is 1.95 bits per heavy atom. The number of carbonyl (C=O) groups is 4. The summed E-state index contributed by atoms with van der Waals surface area (Å²) in [5.74, 6) is -3.13. The molecule has 37 heavy (non-hydrogen) atoms. The Morgan fingerprint density at radius 2 is 1.41 bits per heavy atom. The van der Waals surface area contributed by atoms with Crippen molar-refractivity contribution in [2.45, 2.75) is 82.9 Å². The second-order valence-corrected chi connectivity index (χ2v) is 7.84. The van der Waals surface area contributed by atoms with Gasteiger partial charge in [-0.05, 0) is 11.1 Å². The second kappa shape index (κ2) is 13.6. The maximum absolute atomic E-state index is 11.9. The van der Waals surface area contributed by atoms with E-state index in [1.54, 1.807) is 0 Å². The predicted octanol–water partition coefficient (Wildman–Crippen LogP) is 0.161. The van der Waals surface area contributed by atoms with E-state index in [1.165, 1.54) is 0 Å². The molecule has 2 aliphatic rings. The van der Waals surface area contributed by atoms with E-state index >= 15 is 0 Å². The zero-order chi connectivity index (χ0) is 27.7. The van der Waals surface area contributed by atoms with Crippen molar-refractivity contribution < 1.29 is 57.4 Å². The molecule has 0 aromatic heterocycles. The molecule has 2 unspecified atom stereocenters. The number of hydrogen-bond acceptors (Lipinski definition) is 14. The van der Waals surface area contributed by atoms with Crippen molar-refractivity contribution in [3.8, 4) is 0 Å². The van der Waals surface area contributed by atoms with Crippen LogP contribution in [0.1, 0.15) is 27.7 Å². The van der Waals surface area contributed by atoms with Crippen molar-refractivity contribution >= 4 is 23.9 Å². The van der Waals surface area contributed by atoms with E-state index in [4.69, 9.17) is 38.7 Å². The molecule has 2 heterocycles. The van der Waals surface area contributed by atoms with Crippen LogP contribution in [0.2, 0.25) is 0 Å². The maximum atomic E-state index is 11.9. The number of aliphatic hydroxyl groups is 1. The van der Waals surface area contributed by atoms with Gasteiger partial charge in [0.15, 0.2) is 30.9 Å². The van der Waals surface area contributed by atoms with E-state index < -0.39 is 92.3 Å². The highest BCUT2D eigenvalue weighted by Gasteiger charge is 2.54. The fourth-order valence-corrected chi connectivity index (χ4v) is 3.79. The van der Waals surface area contributed by atoms with E-state index in [2.05, 4.69) is 20.1 Å². The zero-order valence-electron chi connectivity index (χ0n) is 20.2. The first-order valence-electron chi connectivity index (χ1n) is 10.8. The van der Waals surface area contributed by atoms with Crippen LogP contribution in [-0.2, 0) is 52.3 Å². The Morgan fingerprint density at radius 1 is 0.811 bits per heavy atom. The number of hydrogen-bond donors (Lipinski definition) is 1. The standard InChI is InChI=1S/C19H26N6O12/c1-7(26)31-6-12-15(17(18(30)35-12)34-10(4)29)37-19-13(23-25-21)16(33-9(3)28)14(32-8(2)27)11(36-19)5-22-24-20/h11-19,30H,5-6H2,1-4H3/t11-,12+,13?,14+,15+,16+,17+,18?,19+/m0/s1. The molecule has 0 radical (unpaired) electrons. The van der Waals surface area contributed by atoms with Crippen LogP contribution < -0.4 is 0 Å². The van der Waals surface area contributed by atoms with Crippen LogP contribution in [0.25, 0.3) is 20.9 Å². The summed E-state index contributed by atoms with van der Waals surface area (Å²) in [7, 11) is 0. The van der Waals surface area contributed by atoms with Crippen LogP contribution in [-0.4, -0.2) is 97.4 Å². The predicted molar refractivity (Wildman–Crippen MR) is 115 cm³/mol. The maximum Gasteiger partial charge on any atom is 0.303 e. The van der Waals surface area contributed by atoms with Crippen LogP contribution in [0.4, 0.5) is 0 Å². The highest BCUT2D eigenvalue weighted by atomic mass is 16.7. The van der Waals surface area contributed by atoms with Crippen molar-refractivity contribution in [1.29, 1.82) is 0 Å². The molecule has 2 saturated heterocycles. The quantitative estimate of drug-likeness (QED) is 0.130. The summed E-state index contributed by atoms with van der Waals surface area (Å²) in [5.41, 5.74) is 17.9. The largest absolute Gasteiger partial charge is 0.463 e. The number of carbonyl (C=O) groups excluding carboxylic acids is 4. The normalized spacial score (nSPS) is 32.7. The lowest BCUT2D eigenvalue weighted by atomic mass is 9.96. The van der Waals surface area contributed by atoms with Gasteiger partial charge in [0.2, 0.25) is 0 Å². The molecule has 9 atom stereocenters. The van der Waals surface area contributed by atoms with Gasteiger partial charge >= 0.3 is 23.9 Å². The van der Waals surface area contributed by atoms with E-state index in [0.29, 0.717) is 0 Å². The average molecular weight is 530 g/mol. The van der Waals surface area contributed by atoms with Gasteiger partial charge in [-0.15, -0.1) is 0 Å². The molecule has 18 heteroatoms. The Hall–Kier alpha value is -3.66. The number of ether oxygens (including phenoxy) is 7. The smallest absolute Gasteiger partial charge is 0.303 e. The average Bonchev–Trinajstić information content (AvgIpc) is 3.08. The molecule has 0 spiro atoms. The van der Waals surface area contributed by atoms with E-state index in [0.717, 1.165) is 27.7 Å². The summed E-state index contributed by atoms with van der Waals surface area (Å²) in [6, 6.07) is -1.49. The summed E-state index contributed by atoms with van der Waals surface area (Å²) in [4.78, 5) is 51.9. The minimum Gasteiger partial charge on any atom is -0.463 e. The molecule has 0 amide bonds. The number of esters is 4. The number of rotatable bonds is 10. The van der Waals surface area contributed by atoms with E-state index in [9.17, 15) is 29.8 Å². The van der Waals surface area contributed by atoms with Gasteiger partial charge in [-0.1, -0.05) is 10.2 Å². The van der Waals surface area contributed by atoms with Crippen molar-refractivity contribution in [3.05, 3.63) is 20.9 Å². The van der Waals surface area contributed by atoms with Gasteiger partial charge in [0.05, 0.1) is 6.54 Å². The topological polar surface area (TPSA) is 251 Å². The lowest BCUT2D eigenvalue weighted by molar-refractivity contribution is -0.285. The summed E-state index contributed by atoms with van der Waals surface area (Å²) < 4.78 is 37.6. The van der Waals surface area contributed by atoms with Crippen LogP contribution in [0.15, 0.2) is 10.2 Å². The highest BCUT2D eigenvalue weighted by Crippen LogP contribution is 2.34. The number of azide groups is 2. The molecule has 0 aromatic carbocycles. The Kier molecular flexibility index (Phi) is 10.9. The molecule has 1 N–H and O–H groups in total. The van der Waals surface area contributed by atoms with Gasteiger partial charge in [0, 0.05) is 37.5 Å². The first-order valence-corrected chi connectivity index (χ1v) is 10.8. The molecule has 204 valence electrons. The van der Waals surface area contributed by atoms with Crippen LogP contribution >= 0.6 is 0 Å². The van der Waals surface area contributed by atoms with Crippen LogP contribution in [0.3, 0.4) is 0 Å². The summed E-state index contributed by atoms with van der Waals surface area (Å²) in [5, 5.41) is 17.3. The lowest BCUT2D eigenvalue weighted by Gasteiger charge is -2.44. The molecule has 0 saturated carbocycles.